The lowest BCUT2D eigenvalue weighted by Gasteiger charge is -2.33. The summed E-state index contributed by atoms with van der Waals surface area (Å²) in [5, 5.41) is 0. The topological polar surface area (TPSA) is 32.3 Å². The van der Waals surface area contributed by atoms with Crippen molar-refractivity contribution in [2.24, 2.45) is 23.2 Å². The predicted octanol–water partition coefficient (Wildman–Crippen LogP) is 3.84. The lowest BCUT2D eigenvalue weighted by molar-refractivity contribution is 0.217. The standard InChI is InChI=1S/C21H30N4S/c1-21(2,3)15-5-6-17-16(7-15)18-19(26-17)20(23-12-22-18)25-10-13-8-24(4)9-14(13)11-25/h12-15H,5-11H2,1-4H3/t13-,14+,15?. The Labute approximate surface area is 160 Å². The highest BCUT2D eigenvalue weighted by molar-refractivity contribution is 7.19. The van der Waals surface area contributed by atoms with Crippen LogP contribution >= 0.6 is 11.3 Å². The molecule has 0 aromatic carbocycles. The minimum Gasteiger partial charge on any atom is -0.355 e. The van der Waals surface area contributed by atoms with Gasteiger partial charge in [-0.05, 0) is 55.0 Å². The summed E-state index contributed by atoms with van der Waals surface area (Å²) in [5.41, 5.74) is 3.15. The smallest absolute Gasteiger partial charge is 0.150 e. The van der Waals surface area contributed by atoms with Gasteiger partial charge in [-0.2, -0.15) is 0 Å². The number of nitrogens with zero attached hydrogens (tertiary/aromatic N) is 4. The van der Waals surface area contributed by atoms with Gasteiger partial charge in [0.25, 0.3) is 0 Å². The second kappa shape index (κ2) is 5.90. The molecule has 140 valence electrons. The summed E-state index contributed by atoms with van der Waals surface area (Å²) in [6, 6.07) is 0. The van der Waals surface area contributed by atoms with E-state index in [1.54, 1.807) is 4.88 Å². The third kappa shape index (κ3) is 2.66. The number of hydrogen-bond acceptors (Lipinski definition) is 5. The second-order valence-corrected chi connectivity index (χ2v) is 10.9. The molecule has 5 rings (SSSR count). The molecular formula is C21H30N4S. The zero-order valence-electron chi connectivity index (χ0n) is 16.5. The number of aryl methyl sites for hydroxylation is 1. The molecule has 0 N–H and O–H groups in total. The van der Waals surface area contributed by atoms with Crippen LogP contribution in [0.15, 0.2) is 6.33 Å². The third-order valence-corrected chi connectivity index (χ3v) is 8.27. The van der Waals surface area contributed by atoms with E-state index < -0.39 is 0 Å². The van der Waals surface area contributed by atoms with Gasteiger partial charge in [0.1, 0.15) is 12.1 Å². The molecule has 2 aromatic rings. The number of rotatable bonds is 1. The third-order valence-electron chi connectivity index (χ3n) is 7.00. The highest BCUT2D eigenvalue weighted by Gasteiger charge is 2.40. The average molecular weight is 371 g/mol. The monoisotopic (exact) mass is 370 g/mol. The maximum Gasteiger partial charge on any atom is 0.150 e. The first-order valence-corrected chi connectivity index (χ1v) is 10.9. The highest BCUT2D eigenvalue weighted by atomic mass is 32.1. The Kier molecular flexibility index (Phi) is 3.84. The normalized spacial score (nSPS) is 29.4. The molecule has 2 saturated heterocycles. The van der Waals surface area contributed by atoms with E-state index in [0.717, 1.165) is 30.8 Å². The molecule has 4 nitrogen and oxygen atoms in total. The Bertz CT molecular complexity index is 822. The second-order valence-electron chi connectivity index (χ2n) is 9.83. The molecule has 1 unspecified atom stereocenters. The Hall–Kier alpha value is -1.20. The summed E-state index contributed by atoms with van der Waals surface area (Å²) < 4.78 is 1.35. The van der Waals surface area contributed by atoms with Gasteiger partial charge in [0, 0.05) is 31.1 Å². The molecule has 2 fully saturated rings. The zero-order chi connectivity index (χ0) is 18.1. The van der Waals surface area contributed by atoms with Crippen LogP contribution in [0.25, 0.3) is 10.2 Å². The van der Waals surface area contributed by atoms with Gasteiger partial charge < -0.3 is 9.80 Å². The molecule has 2 aliphatic heterocycles. The molecule has 2 aromatic heterocycles. The van der Waals surface area contributed by atoms with Gasteiger partial charge in [-0.15, -0.1) is 11.3 Å². The quantitative estimate of drug-likeness (QED) is 0.763. The molecule has 5 heteroatoms. The van der Waals surface area contributed by atoms with Crippen LogP contribution in [0.2, 0.25) is 0 Å². The minimum atomic E-state index is 0.375. The van der Waals surface area contributed by atoms with Crippen LogP contribution in [-0.4, -0.2) is 48.1 Å². The van der Waals surface area contributed by atoms with Gasteiger partial charge in [0.05, 0.1) is 10.2 Å². The lowest BCUT2D eigenvalue weighted by Crippen LogP contribution is -2.27. The number of hydrogen-bond donors (Lipinski definition) is 0. The van der Waals surface area contributed by atoms with E-state index >= 15 is 0 Å². The van der Waals surface area contributed by atoms with Crippen molar-refractivity contribution in [3.63, 3.8) is 0 Å². The van der Waals surface area contributed by atoms with Crippen LogP contribution in [0, 0.1) is 23.2 Å². The molecule has 0 spiro atoms. The zero-order valence-corrected chi connectivity index (χ0v) is 17.3. The summed E-state index contributed by atoms with van der Waals surface area (Å²) in [5.74, 6) is 3.58. The van der Waals surface area contributed by atoms with E-state index in [-0.39, 0.29) is 0 Å². The fourth-order valence-electron chi connectivity index (χ4n) is 5.42. The Balaban J connectivity index is 1.49. The van der Waals surface area contributed by atoms with Crippen LogP contribution in [-0.2, 0) is 12.8 Å². The number of thiophene rings is 1. The van der Waals surface area contributed by atoms with Crippen molar-refractivity contribution in [2.75, 3.05) is 38.1 Å². The van der Waals surface area contributed by atoms with Crippen LogP contribution < -0.4 is 4.90 Å². The molecule has 26 heavy (non-hydrogen) atoms. The van der Waals surface area contributed by atoms with Crippen LogP contribution in [0.3, 0.4) is 0 Å². The number of anilines is 1. The Morgan fingerprint density at radius 3 is 2.50 bits per heavy atom. The van der Waals surface area contributed by atoms with E-state index in [1.807, 2.05) is 17.7 Å². The lowest BCUT2D eigenvalue weighted by atomic mass is 9.72. The molecule has 4 heterocycles. The van der Waals surface area contributed by atoms with Crippen molar-refractivity contribution in [3.8, 4) is 0 Å². The van der Waals surface area contributed by atoms with Crippen molar-refractivity contribution in [2.45, 2.75) is 40.0 Å². The molecular weight excluding hydrogens is 340 g/mol. The molecule has 0 saturated carbocycles. The van der Waals surface area contributed by atoms with Crippen molar-refractivity contribution < 1.29 is 0 Å². The van der Waals surface area contributed by atoms with Crippen molar-refractivity contribution in [1.82, 2.24) is 14.9 Å². The fraction of sp³-hybridized carbons (Fsp3) is 0.714. The van der Waals surface area contributed by atoms with E-state index in [0.29, 0.717) is 5.41 Å². The van der Waals surface area contributed by atoms with Crippen LogP contribution in [0.1, 0.15) is 37.6 Å². The first-order chi connectivity index (χ1) is 12.4. The van der Waals surface area contributed by atoms with E-state index in [1.165, 1.54) is 53.9 Å². The summed E-state index contributed by atoms with van der Waals surface area (Å²) in [7, 11) is 2.25. The molecule has 3 aliphatic rings. The van der Waals surface area contributed by atoms with E-state index in [2.05, 4.69) is 37.6 Å². The Morgan fingerprint density at radius 1 is 1.08 bits per heavy atom. The van der Waals surface area contributed by atoms with Gasteiger partial charge in [-0.25, -0.2) is 9.97 Å². The largest absolute Gasteiger partial charge is 0.355 e. The highest BCUT2D eigenvalue weighted by Crippen LogP contribution is 2.45. The van der Waals surface area contributed by atoms with Gasteiger partial charge in [-0.1, -0.05) is 20.8 Å². The molecule has 0 bridgehead atoms. The average Bonchev–Trinajstić information content (AvgIpc) is 3.23. The molecule has 3 atom stereocenters. The SMILES string of the molecule is CN1C[C@@H]2CN(c3ncnc4c5c(sc34)CCC(C(C)(C)C)C5)C[C@@H]2C1. The first-order valence-electron chi connectivity index (χ1n) is 10.1. The Morgan fingerprint density at radius 2 is 1.81 bits per heavy atom. The van der Waals surface area contributed by atoms with E-state index in [4.69, 9.17) is 9.97 Å². The van der Waals surface area contributed by atoms with Crippen LogP contribution in [0.5, 0.6) is 0 Å². The summed E-state index contributed by atoms with van der Waals surface area (Å²) in [6.07, 6.45) is 5.52. The predicted molar refractivity (Wildman–Crippen MR) is 109 cm³/mol. The maximum atomic E-state index is 4.76. The first kappa shape index (κ1) is 16.9. The van der Waals surface area contributed by atoms with Crippen molar-refractivity contribution >= 4 is 27.4 Å². The fourth-order valence-corrected chi connectivity index (χ4v) is 6.74. The number of likely N-dealkylation sites (tertiary alicyclic amines) is 1. The molecule has 1 aliphatic carbocycles. The molecule has 0 radical (unpaired) electrons. The number of aromatic nitrogens is 2. The van der Waals surface area contributed by atoms with Gasteiger partial charge >= 0.3 is 0 Å². The van der Waals surface area contributed by atoms with Gasteiger partial charge in [0.15, 0.2) is 0 Å². The van der Waals surface area contributed by atoms with E-state index in [9.17, 15) is 0 Å². The van der Waals surface area contributed by atoms with Crippen LogP contribution in [0.4, 0.5) is 5.82 Å². The van der Waals surface area contributed by atoms with Crippen molar-refractivity contribution in [3.05, 3.63) is 16.8 Å². The summed E-state index contributed by atoms with van der Waals surface area (Å²) >= 11 is 1.98. The summed E-state index contributed by atoms with van der Waals surface area (Å²) in [6.45, 7) is 12.0. The number of fused-ring (bicyclic) bond motifs is 4. The molecule has 0 amide bonds. The minimum absolute atomic E-state index is 0.375. The van der Waals surface area contributed by atoms with Gasteiger partial charge in [0.2, 0.25) is 0 Å². The van der Waals surface area contributed by atoms with Crippen molar-refractivity contribution in [1.29, 1.82) is 0 Å². The maximum absolute atomic E-state index is 4.76. The summed E-state index contributed by atoms with van der Waals surface area (Å²) in [4.78, 5) is 16.1. The van der Waals surface area contributed by atoms with Gasteiger partial charge in [-0.3, -0.25) is 0 Å².